The van der Waals surface area contributed by atoms with Crippen LogP contribution in [-0.2, 0) is 6.54 Å². The summed E-state index contributed by atoms with van der Waals surface area (Å²) in [6, 6.07) is 0.434. The van der Waals surface area contributed by atoms with Crippen LogP contribution in [0.1, 0.15) is 56.9 Å². The van der Waals surface area contributed by atoms with Crippen LogP contribution in [0.3, 0.4) is 0 Å². The third-order valence-electron chi connectivity index (χ3n) is 6.38. The average Bonchev–Trinajstić information content (AvgIpc) is 2.76. The second kappa shape index (κ2) is 11.5. The minimum Gasteiger partial charge on any atom is -0.367 e. The van der Waals surface area contributed by atoms with Crippen LogP contribution >= 0.6 is 0 Å². The van der Waals surface area contributed by atoms with Crippen LogP contribution in [0, 0.1) is 6.92 Å². The zero-order chi connectivity index (χ0) is 22.2. The van der Waals surface area contributed by atoms with E-state index in [0.717, 1.165) is 81.5 Å². The SMILES string of the molecule is CN=NC1CCCC(N=Nc2cn(CCCN(C)C)c(=O)c(N3CCCCC3)c2C)C1. The van der Waals surface area contributed by atoms with Crippen LogP contribution < -0.4 is 10.5 Å². The van der Waals surface area contributed by atoms with Gasteiger partial charge in [-0.3, -0.25) is 4.79 Å². The molecule has 172 valence electrons. The number of aromatic nitrogens is 1. The molecule has 0 spiro atoms. The largest absolute Gasteiger partial charge is 0.367 e. The van der Waals surface area contributed by atoms with E-state index in [1.54, 1.807) is 7.05 Å². The topological polar surface area (TPSA) is 77.9 Å². The Balaban J connectivity index is 1.87. The second-order valence-electron chi connectivity index (χ2n) is 9.20. The molecule has 8 heteroatoms. The van der Waals surface area contributed by atoms with Gasteiger partial charge in [-0.05, 0) is 78.9 Å². The molecule has 2 aliphatic rings. The molecule has 0 radical (unpaired) electrons. The summed E-state index contributed by atoms with van der Waals surface area (Å²) in [4.78, 5) is 17.8. The van der Waals surface area contributed by atoms with Gasteiger partial charge in [-0.25, -0.2) is 0 Å². The lowest BCUT2D eigenvalue weighted by Crippen LogP contribution is -2.37. The van der Waals surface area contributed by atoms with Crippen molar-refractivity contribution >= 4 is 11.4 Å². The number of pyridine rings is 1. The Morgan fingerprint density at radius 2 is 1.77 bits per heavy atom. The normalized spacial score (nSPS) is 22.8. The molecule has 2 atom stereocenters. The summed E-state index contributed by atoms with van der Waals surface area (Å²) in [5.41, 5.74) is 2.71. The van der Waals surface area contributed by atoms with Crippen molar-refractivity contribution in [2.45, 2.75) is 76.9 Å². The van der Waals surface area contributed by atoms with Crippen molar-refractivity contribution in [1.29, 1.82) is 0 Å². The van der Waals surface area contributed by atoms with Gasteiger partial charge in [0.2, 0.25) is 0 Å². The Kier molecular flexibility index (Phi) is 8.75. The van der Waals surface area contributed by atoms with Crippen molar-refractivity contribution in [2.24, 2.45) is 20.5 Å². The van der Waals surface area contributed by atoms with Crippen molar-refractivity contribution in [2.75, 3.05) is 45.7 Å². The molecule has 8 nitrogen and oxygen atoms in total. The molecule has 2 fully saturated rings. The fourth-order valence-corrected chi connectivity index (χ4v) is 4.69. The van der Waals surface area contributed by atoms with Crippen molar-refractivity contribution in [3.8, 4) is 0 Å². The first-order chi connectivity index (χ1) is 15.0. The average molecular weight is 430 g/mol. The van der Waals surface area contributed by atoms with E-state index in [1.165, 1.54) is 6.42 Å². The molecule has 1 saturated heterocycles. The fourth-order valence-electron chi connectivity index (χ4n) is 4.69. The number of rotatable bonds is 8. The van der Waals surface area contributed by atoms with Gasteiger partial charge in [0.15, 0.2) is 0 Å². The molecule has 0 N–H and O–H groups in total. The van der Waals surface area contributed by atoms with Crippen LogP contribution in [0.25, 0.3) is 0 Å². The fraction of sp³-hybridized carbons (Fsp3) is 0.783. The van der Waals surface area contributed by atoms with Gasteiger partial charge < -0.3 is 14.4 Å². The van der Waals surface area contributed by atoms with Crippen LogP contribution in [-0.4, -0.2) is 62.3 Å². The first kappa shape index (κ1) is 23.6. The number of anilines is 1. The molecule has 1 aromatic heterocycles. The summed E-state index contributed by atoms with van der Waals surface area (Å²) >= 11 is 0. The Morgan fingerprint density at radius 1 is 1.06 bits per heavy atom. The van der Waals surface area contributed by atoms with Gasteiger partial charge in [-0.15, -0.1) is 0 Å². The maximum Gasteiger partial charge on any atom is 0.274 e. The third-order valence-corrected chi connectivity index (χ3v) is 6.38. The molecule has 0 amide bonds. The maximum atomic E-state index is 13.4. The summed E-state index contributed by atoms with van der Waals surface area (Å²) in [5.74, 6) is 0. The molecule has 0 bridgehead atoms. The Morgan fingerprint density at radius 3 is 2.45 bits per heavy atom. The van der Waals surface area contributed by atoms with E-state index >= 15 is 0 Å². The van der Waals surface area contributed by atoms with E-state index in [4.69, 9.17) is 5.11 Å². The van der Waals surface area contributed by atoms with Crippen LogP contribution in [0.2, 0.25) is 0 Å². The standard InChI is InChI=1S/C23H39N7O/c1-18-21(27-26-20-11-8-10-19(16-20)25-24-2)17-30(15-9-12-28(3)4)23(31)22(18)29-13-6-5-7-14-29/h17,19-20H,5-16H2,1-4H3. The summed E-state index contributed by atoms with van der Waals surface area (Å²) in [6.45, 7) is 5.56. The summed E-state index contributed by atoms with van der Waals surface area (Å²) in [5, 5.41) is 17.7. The first-order valence-electron chi connectivity index (χ1n) is 11.8. The highest BCUT2D eigenvalue weighted by Crippen LogP contribution is 2.30. The third kappa shape index (κ3) is 6.45. The number of piperidine rings is 1. The summed E-state index contributed by atoms with van der Waals surface area (Å²) in [7, 11) is 5.86. The number of nitrogens with zero attached hydrogens (tertiary/aromatic N) is 7. The maximum absolute atomic E-state index is 13.4. The molecule has 31 heavy (non-hydrogen) atoms. The Labute approximate surface area is 186 Å². The molecular formula is C23H39N7O. The van der Waals surface area contributed by atoms with Crippen molar-refractivity contribution in [3.05, 3.63) is 22.1 Å². The lowest BCUT2D eigenvalue weighted by molar-refractivity contribution is 0.378. The number of hydrogen-bond donors (Lipinski definition) is 0. The minimum atomic E-state index is 0.109. The molecule has 1 aliphatic heterocycles. The molecule has 1 aromatic rings. The van der Waals surface area contributed by atoms with Gasteiger partial charge in [0, 0.05) is 38.4 Å². The molecule has 2 heterocycles. The first-order valence-corrected chi connectivity index (χ1v) is 11.8. The second-order valence-corrected chi connectivity index (χ2v) is 9.20. The number of aryl methyl sites for hydroxylation is 1. The molecule has 3 rings (SSSR count). The smallest absolute Gasteiger partial charge is 0.274 e. The van der Waals surface area contributed by atoms with E-state index in [-0.39, 0.29) is 17.6 Å². The van der Waals surface area contributed by atoms with E-state index < -0.39 is 0 Å². The minimum absolute atomic E-state index is 0.109. The van der Waals surface area contributed by atoms with Gasteiger partial charge in [-0.1, -0.05) is 0 Å². The van der Waals surface area contributed by atoms with E-state index in [1.807, 2.05) is 17.7 Å². The van der Waals surface area contributed by atoms with Crippen molar-refractivity contribution in [3.63, 3.8) is 0 Å². The lowest BCUT2D eigenvalue weighted by atomic mass is 9.92. The molecule has 1 saturated carbocycles. The van der Waals surface area contributed by atoms with Gasteiger partial charge in [0.25, 0.3) is 5.56 Å². The van der Waals surface area contributed by atoms with Gasteiger partial charge in [0.1, 0.15) is 11.4 Å². The Hall–Kier alpha value is -2.09. The van der Waals surface area contributed by atoms with Crippen LogP contribution in [0.5, 0.6) is 0 Å². The molecule has 2 unspecified atom stereocenters. The highest BCUT2D eigenvalue weighted by atomic mass is 16.1. The van der Waals surface area contributed by atoms with E-state index in [0.29, 0.717) is 6.54 Å². The predicted octanol–water partition coefficient (Wildman–Crippen LogP) is 4.58. The number of azo groups is 2. The monoisotopic (exact) mass is 429 g/mol. The van der Waals surface area contributed by atoms with E-state index in [9.17, 15) is 4.79 Å². The van der Waals surface area contributed by atoms with E-state index in [2.05, 4.69) is 39.2 Å². The molecule has 0 aromatic carbocycles. The van der Waals surface area contributed by atoms with Gasteiger partial charge in [-0.2, -0.15) is 20.5 Å². The lowest BCUT2D eigenvalue weighted by Gasteiger charge is -2.30. The van der Waals surface area contributed by atoms with Crippen molar-refractivity contribution < 1.29 is 0 Å². The van der Waals surface area contributed by atoms with Crippen molar-refractivity contribution in [1.82, 2.24) is 9.47 Å². The Bertz CT molecular complexity index is 824. The molecule has 1 aliphatic carbocycles. The predicted molar refractivity (Wildman–Crippen MR) is 126 cm³/mol. The zero-order valence-electron chi connectivity index (χ0n) is 19.8. The van der Waals surface area contributed by atoms with Gasteiger partial charge >= 0.3 is 0 Å². The summed E-state index contributed by atoms with van der Waals surface area (Å²) < 4.78 is 1.85. The zero-order valence-corrected chi connectivity index (χ0v) is 19.8. The highest BCUT2D eigenvalue weighted by molar-refractivity contribution is 5.62. The van der Waals surface area contributed by atoms with Crippen LogP contribution in [0.4, 0.5) is 11.4 Å². The molecular weight excluding hydrogens is 390 g/mol. The van der Waals surface area contributed by atoms with Crippen LogP contribution in [0.15, 0.2) is 31.4 Å². The quantitative estimate of drug-likeness (QED) is 0.568. The summed E-state index contributed by atoms with van der Waals surface area (Å²) in [6.07, 6.45) is 10.5. The van der Waals surface area contributed by atoms with Gasteiger partial charge in [0.05, 0.1) is 12.1 Å². The number of hydrogen-bond acceptors (Lipinski definition) is 7. The highest BCUT2D eigenvalue weighted by Gasteiger charge is 2.23.